The molecule has 3 amide bonds. The molecular formula is C23H25N5O5. The summed E-state index contributed by atoms with van der Waals surface area (Å²) in [6.07, 6.45) is -3.11. The number of hydrogen-bond donors (Lipinski definition) is 5. The van der Waals surface area contributed by atoms with E-state index in [9.17, 15) is 19.5 Å². The molecule has 10 nitrogen and oxygen atoms in total. The number of hydrogen-bond acceptors (Lipinski definition) is 6. The molecule has 0 radical (unpaired) electrons. The number of morpholine rings is 1. The van der Waals surface area contributed by atoms with Crippen LogP contribution in [0.4, 0.5) is 17.1 Å². The van der Waals surface area contributed by atoms with Crippen molar-refractivity contribution < 1.29 is 24.2 Å². The van der Waals surface area contributed by atoms with E-state index in [1.54, 1.807) is 56.3 Å². The Bertz CT molecular complexity index is 1140. The number of amidine groups is 1. The first-order valence-electron chi connectivity index (χ1n) is 10.4. The van der Waals surface area contributed by atoms with E-state index >= 15 is 0 Å². The summed E-state index contributed by atoms with van der Waals surface area (Å²) < 4.78 is 5.45. The standard InChI is InChI=1S/C23H25N5O5/c1-23(2)15-11-14(7-8-16(15)27-22(23)32)28-9-10-33-18(21(28)31)17(29)20(30)26-13-5-3-12(4-6-13)19(24)25/h3-8,11,17-18,29H,9-10H2,1-2H3,(H3,24,25)(H,26,30)(H,27,32)/t17?,18-/m1/s1. The molecule has 0 bridgehead atoms. The Labute approximate surface area is 190 Å². The lowest BCUT2D eigenvalue weighted by atomic mass is 9.86. The van der Waals surface area contributed by atoms with Gasteiger partial charge in [-0.25, -0.2) is 0 Å². The van der Waals surface area contributed by atoms with Crippen LogP contribution in [0.3, 0.4) is 0 Å². The Hall–Kier alpha value is -3.76. The highest BCUT2D eigenvalue weighted by atomic mass is 16.5. The van der Waals surface area contributed by atoms with Gasteiger partial charge in [-0.15, -0.1) is 0 Å². The molecule has 2 heterocycles. The van der Waals surface area contributed by atoms with Crippen molar-refractivity contribution >= 4 is 40.6 Å². The van der Waals surface area contributed by atoms with Crippen molar-refractivity contribution in [3.63, 3.8) is 0 Å². The summed E-state index contributed by atoms with van der Waals surface area (Å²) in [5.74, 6) is -1.57. The van der Waals surface area contributed by atoms with Crippen LogP contribution >= 0.6 is 0 Å². The quantitative estimate of drug-likeness (QED) is 0.336. The normalized spacial score (nSPS) is 20.1. The molecule has 0 spiro atoms. The number of nitrogens with zero attached hydrogens (tertiary/aromatic N) is 1. The Morgan fingerprint density at radius 1 is 1.27 bits per heavy atom. The Kier molecular flexibility index (Phi) is 5.64. The van der Waals surface area contributed by atoms with Crippen molar-refractivity contribution in [1.82, 2.24) is 0 Å². The van der Waals surface area contributed by atoms with Gasteiger partial charge in [0.05, 0.1) is 12.0 Å². The molecular weight excluding hydrogens is 426 g/mol. The number of aliphatic hydroxyl groups excluding tert-OH is 1. The van der Waals surface area contributed by atoms with Crippen LogP contribution in [0.2, 0.25) is 0 Å². The maximum atomic E-state index is 13.1. The number of nitrogen functional groups attached to an aromatic ring is 1. The summed E-state index contributed by atoms with van der Waals surface area (Å²) in [6.45, 7) is 3.99. The number of fused-ring (bicyclic) bond motifs is 1. The topological polar surface area (TPSA) is 158 Å². The number of carbonyl (C=O) groups excluding carboxylic acids is 3. The first-order chi connectivity index (χ1) is 15.6. The number of nitrogens with two attached hydrogens (primary N) is 1. The molecule has 2 atom stereocenters. The third-order valence-corrected chi connectivity index (χ3v) is 5.94. The van der Waals surface area contributed by atoms with Crippen LogP contribution in [0.25, 0.3) is 0 Å². The van der Waals surface area contributed by atoms with Crippen molar-refractivity contribution in [2.45, 2.75) is 31.5 Å². The highest BCUT2D eigenvalue weighted by molar-refractivity contribution is 6.07. The summed E-state index contributed by atoms with van der Waals surface area (Å²) in [5.41, 5.74) is 7.57. The second-order valence-electron chi connectivity index (χ2n) is 8.52. The molecule has 4 rings (SSSR count). The fourth-order valence-electron chi connectivity index (χ4n) is 3.90. The predicted molar refractivity (Wildman–Crippen MR) is 122 cm³/mol. The van der Waals surface area contributed by atoms with Crippen molar-refractivity contribution in [2.24, 2.45) is 5.73 Å². The maximum Gasteiger partial charge on any atom is 0.259 e. The van der Waals surface area contributed by atoms with E-state index in [1.807, 2.05) is 0 Å². The van der Waals surface area contributed by atoms with Gasteiger partial charge in [-0.1, -0.05) is 0 Å². The van der Waals surface area contributed by atoms with Gasteiger partial charge in [0.1, 0.15) is 5.84 Å². The average molecular weight is 451 g/mol. The number of aliphatic hydroxyl groups is 1. The van der Waals surface area contributed by atoms with E-state index in [1.165, 1.54) is 4.90 Å². The molecule has 1 saturated heterocycles. The molecule has 172 valence electrons. The summed E-state index contributed by atoms with van der Waals surface area (Å²) in [7, 11) is 0. The van der Waals surface area contributed by atoms with Gasteiger partial charge < -0.3 is 31.1 Å². The van der Waals surface area contributed by atoms with Crippen LogP contribution in [0, 0.1) is 5.41 Å². The highest BCUT2D eigenvalue weighted by Crippen LogP contribution is 2.39. The molecule has 10 heteroatoms. The summed E-state index contributed by atoms with van der Waals surface area (Å²) in [6, 6.07) is 11.4. The highest BCUT2D eigenvalue weighted by Gasteiger charge is 2.42. The fraction of sp³-hybridized carbons (Fsp3) is 0.304. The Morgan fingerprint density at radius 3 is 2.64 bits per heavy atom. The molecule has 2 aromatic rings. The predicted octanol–water partition coefficient (Wildman–Crippen LogP) is 0.932. The largest absolute Gasteiger partial charge is 0.384 e. The number of nitrogens with one attached hydrogen (secondary N) is 3. The van der Waals surface area contributed by atoms with Gasteiger partial charge in [0, 0.05) is 29.2 Å². The van der Waals surface area contributed by atoms with E-state index < -0.39 is 29.4 Å². The molecule has 6 N–H and O–H groups in total. The smallest absolute Gasteiger partial charge is 0.259 e. The lowest BCUT2D eigenvalue weighted by molar-refractivity contribution is -0.150. The number of rotatable bonds is 5. The minimum absolute atomic E-state index is 0.107. The van der Waals surface area contributed by atoms with Crippen LogP contribution < -0.4 is 21.3 Å². The van der Waals surface area contributed by atoms with Crippen molar-refractivity contribution in [3.05, 3.63) is 53.6 Å². The third kappa shape index (κ3) is 4.06. The summed E-state index contributed by atoms with van der Waals surface area (Å²) in [5, 5.41) is 23.3. The van der Waals surface area contributed by atoms with E-state index in [0.717, 1.165) is 5.56 Å². The van der Waals surface area contributed by atoms with Gasteiger partial charge in [0.15, 0.2) is 12.2 Å². The van der Waals surface area contributed by atoms with Crippen LogP contribution in [0.15, 0.2) is 42.5 Å². The van der Waals surface area contributed by atoms with Gasteiger partial charge in [-0.3, -0.25) is 19.8 Å². The third-order valence-electron chi connectivity index (χ3n) is 5.94. The van der Waals surface area contributed by atoms with Crippen LogP contribution in [0.1, 0.15) is 25.0 Å². The summed E-state index contributed by atoms with van der Waals surface area (Å²) >= 11 is 0. The Balaban J connectivity index is 1.49. The zero-order chi connectivity index (χ0) is 23.9. The first kappa shape index (κ1) is 22.4. The SMILES string of the molecule is CC1(C)C(=O)Nc2ccc(N3CCO[C@H](C(O)C(=O)Nc4ccc(C(=N)N)cc4)C3=O)cc21. The van der Waals surface area contributed by atoms with E-state index in [4.69, 9.17) is 15.9 Å². The number of anilines is 3. The van der Waals surface area contributed by atoms with Crippen molar-refractivity contribution in [1.29, 1.82) is 5.41 Å². The lowest BCUT2D eigenvalue weighted by Gasteiger charge is -2.34. The lowest BCUT2D eigenvalue weighted by Crippen LogP contribution is -2.55. The molecule has 0 saturated carbocycles. The molecule has 2 aliphatic rings. The second-order valence-corrected chi connectivity index (χ2v) is 8.52. The van der Waals surface area contributed by atoms with Crippen LogP contribution in [-0.2, 0) is 24.5 Å². The van der Waals surface area contributed by atoms with E-state index in [-0.39, 0.29) is 24.9 Å². The van der Waals surface area contributed by atoms with E-state index in [0.29, 0.717) is 22.6 Å². The maximum absolute atomic E-state index is 13.1. The number of ether oxygens (including phenoxy) is 1. The number of carbonyl (C=O) groups is 3. The molecule has 0 aliphatic carbocycles. The average Bonchev–Trinajstić information content (AvgIpc) is 3.01. The van der Waals surface area contributed by atoms with Gasteiger partial charge in [-0.2, -0.15) is 0 Å². The van der Waals surface area contributed by atoms with Crippen LogP contribution in [0.5, 0.6) is 0 Å². The van der Waals surface area contributed by atoms with Crippen LogP contribution in [-0.4, -0.2) is 54.0 Å². The first-order valence-corrected chi connectivity index (χ1v) is 10.4. The molecule has 2 aliphatic heterocycles. The molecule has 2 aromatic carbocycles. The molecule has 0 aromatic heterocycles. The van der Waals surface area contributed by atoms with Crippen molar-refractivity contribution in [3.8, 4) is 0 Å². The zero-order valence-electron chi connectivity index (χ0n) is 18.2. The molecule has 1 unspecified atom stereocenters. The minimum atomic E-state index is -1.73. The van der Waals surface area contributed by atoms with E-state index in [2.05, 4.69) is 10.6 Å². The summed E-state index contributed by atoms with van der Waals surface area (Å²) in [4.78, 5) is 39.3. The number of benzene rings is 2. The number of amides is 3. The van der Waals surface area contributed by atoms with Gasteiger partial charge in [0.2, 0.25) is 5.91 Å². The zero-order valence-corrected chi connectivity index (χ0v) is 18.2. The monoisotopic (exact) mass is 451 g/mol. The van der Waals surface area contributed by atoms with Gasteiger partial charge >= 0.3 is 0 Å². The molecule has 1 fully saturated rings. The minimum Gasteiger partial charge on any atom is -0.384 e. The van der Waals surface area contributed by atoms with Gasteiger partial charge in [-0.05, 0) is 61.9 Å². The van der Waals surface area contributed by atoms with Gasteiger partial charge in [0.25, 0.3) is 11.8 Å². The molecule has 33 heavy (non-hydrogen) atoms. The Morgan fingerprint density at radius 2 is 1.97 bits per heavy atom. The fourth-order valence-corrected chi connectivity index (χ4v) is 3.90. The second kappa shape index (κ2) is 8.30. The van der Waals surface area contributed by atoms with Crippen molar-refractivity contribution in [2.75, 3.05) is 28.7 Å².